The molecule has 122 valence electrons. The summed E-state index contributed by atoms with van der Waals surface area (Å²) in [6, 6.07) is 15.0. The van der Waals surface area contributed by atoms with Gasteiger partial charge in [0.25, 0.3) is 5.91 Å². The standard InChI is InChI=1S/C19H19N3O2/c23-13-16(8-6-14-4-2-1-3-5-14)21-19(24)18-9-7-15-12-20-11-10-17(15)22-18/h1-5,7,9-12,16,23H,6,8,13H2,(H,21,24)/t16-/m0/s1. The second-order valence-corrected chi connectivity index (χ2v) is 5.64. The molecule has 0 aliphatic rings. The van der Waals surface area contributed by atoms with E-state index in [0.717, 1.165) is 17.3 Å². The molecule has 0 unspecified atom stereocenters. The van der Waals surface area contributed by atoms with Gasteiger partial charge < -0.3 is 10.4 Å². The van der Waals surface area contributed by atoms with Crippen LogP contribution < -0.4 is 5.32 Å². The Morgan fingerprint density at radius 3 is 2.75 bits per heavy atom. The van der Waals surface area contributed by atoms with E-state index < -0.39 is 0 Å². The first kappa shape index (κ1) is 16.1. The van der Waals surface area contributed by atoms with E-state index in [1.165, 1.54) is 5.56 Å². The lowest BCUT2D eigenvalue weighted by Crippen LogP contribution is -2.38. The van der Waals surface area contributed by atoms with E-state index in [1.54, 1.807) is 24.5 Å². The zero-order valence-corrected chi connectivity index (χ0v) is 13.2. The summed E-state index contributed by atoms with van der Waals surface area (Å²) < 4.78 is 0. The molecule has 5 nitrogen and oxygen atoms in total. The van der Waals surface area contributed by atoms with Crippen LogP contribution in [0.15, 0.2) is 60.9 Å². The molecule has 0 spiro atoms. The second kappa shape index (κ2) is 7.66. The summed E-state index contributed by atoms with van der Waals surface area (Å²) in [5.74, 6) is -0.277. The van der Waals surface area contributed by atoms with Crippen molar-refractivity contribution in [2.24, 2.45) is 0 Å². The summed E-state index contributed by atoms with van der Waals surface area (Å²) in [6.45, 7) is -0.101. The maximum atomic E-state index is 12.4. The minimum absolute atomic E-state index is 0.101. The van der Waals surface area contributed by atoms with Crippen molar-refractivity contribution >= 4 is 16.8 Å². The van der Waals surface area contributed by atoms with Gasteiger partial charge in [-0.15, -0.1) is 0 Å². The summed E-state index contributed by atoms with van der Waals surface area (Å²) in [5, 5.41) is 13.3. The van der Waals surface area contributed by atoms with Gasteiger partial charge in [-0.2, -0.15) is 0 Å². The van der Waals surface area contributed by atoms with E-state index >= 15 is 0 Å². The number of aromatic nitrogens is 2. The van der Waals surface area contributed by atoms with Crippen LogP contribution in [0.5, 0.6) is 0 Å². The molecule has 3 aromatic rings. The van der Waals surface area contributed by atoms with Crippen LogP contribution >= 0.6 is 0 Å². The molecule has 0 fully saturated rings. The predicted molar refractivity (Wildman–Crippen MR) is 92.6 cm³/mol. The molecule has 0 saturated carbocycles. The quantitative estimate of drug-likeness (QED) is 0.731. The SMILES string of the molecule is O=C(N[C@H](CO)CCc1ccccc1)c1ccc2cnccc2n1. The summed E-state index contributed by atoms with van der Waals surface area (Å²) in [6.07, 6.45) is 4.82. The highest BCUT2D eigenvalue weighted by atomic mass is 16.3. The number of nitrogens with one attached hydrogen (secondary N) is 1. The van der Waals surface area contributed by atoms with Crippen LogP contribution in [0.2, 0.25) is 0 Å². The smallest absolute Gasteiger partial charge is 0.270 e. The summed E-state index contributed by atoms with van der Waals surface area (Å²) in [5.41, 5.74) is 2.25. The first-order chi connectivity index (χ1) is 11.8. The number of benzene rings is 1. The van der Waals surface area contributed by atoms with Crippen LogP contribution in [0.25, 0.3) is 10.9 Å². The second-order valence-electron chi connectivity index (χ2n) is 5.64. The molecule has 0 radical (unpaired) electrons. The third-order valence-electron chi connectivity index (χ3n) is 3.90. The van der Waals surface area contributed by atoms with Gasteiger partial charge in [0.2, 0.25) is 0 Å². The zero-order chi connectivity index (χ0) is 16.8. The highest BCUT2D eigenvalue weighted by Gasteiger charge is 2.14. The first-order valence-corrected chi connectivity index (χ1v) is 7.92. The maximum absolute atomic E-state index is 12.4. The predicted octanol–water partition coefficient (Wildman–Crippen LogP) is 2.35. The van der Waals surface area contributed by atoms with Gasteiger partial charge in [-0.3, -0.25) is 9.78 Å². The van der Waals surface area contributed by atoms with Gasteiger partial charge in [-0.05, 0) is 36.6 Å². The Labute approximate surface area is 140 Å². The molecule has 5 heteroatoms. The largest absolute Gasteiger partial charge is 0.394 e. The van der Waals surface area contributed by atoms with Gasteiger partial charge in [0.1, 0.15) is 5.69 Å². The Morgan fingerprint density at radius 1 is 1.12 bits per heavy atom. The Kier molecular flexibility index (Phi) is 5.13. The number of carbonyl (C=O) groups excluding carboxylic acids is 1. The number of pyridine rings is 2. The van der Waals surface area contributed by atoms with Crippen LogP contribution in [-0.2, 0) is 6.42 Å². The van der Waals surface area contributed by atoms with Crippen molar-refractivity contribution in [3.8, 4) is 0 Å². The fourth-order valence-corrected chi connectivity index (χ4v) is 2.55. The number of nitrogens with zero attached hydrogens (tertiary/aromatic N) is 2. The molecule has 1 amide bonds. The monoisotopic (exact) mass is 321 g/mol. The van der Waals surface area contributed by atoms with Crippen molar-refractivity contribution in [3.05, 3.63) is 72.2 Å². The van der Waals surface area contributed by atoms with Crippen LogP contribution in [0, 0.1) is 0 Å². The summed E-state index contributed by atoms with van der Waals surface area (Å²) >= 11 is 0. The molecule has 0 bridgehead atoms. The molecule has 2 N–H and O–H groups in total. The number of carbonyl (C=O) groups is 1. The average Bonchev–Trinajstić information content (AvgIpc) is 2.65. The van der Waals surface area contributed by atoms with Crippen LogP contribution in [-0.4, -0.2) is 33.6 Å². The fourth-order valence-electron chi connectivity index (χ4n) is 2.55. The molecular weight excluding hydrogens is 302 g/mol. The van der Waals surface area contributed by atoms with Crippen molar-refractivity contribution in [1.29, 1.82) is 0 Å². The molecule has 0 aliphatic carbocycles. The minimum Gasteiger partial charge on any atom is -0.394 e. The molecule has 1 atom stereocenters. The number of aryl methyl sites for hydroxylation is 1. The zero-order valence-electron chi connectivity index (χ0n) is 13.2. The number of hydrogen-bond donors (Lipinski definition) is 2. The third kappa shape index (κ3) is 3.94. The van der Waals surface area contributed by atoms with Crippen molar-refractivity contribution < 1.29 is 9.90 Å². The molecule has 2 aromatic heterocycles. The van der Waals surface area contributed by atoms with E-state index in [2.05, 4.69) is 15.3 Å². The molecule has 2 heterocycles. The lowest BCUT2D eigenvalue weighted by molar-refractivity contribution is 0.0908. The van der Waals surface area contributed by atoms with E-state index in [4.69, 9.17) is 0 Å². The van der Waals surface area contributed by atoms with Gasteiger partial charge in [-0.1, -0.05) is 30.3 Å². The lowest BCUT2D eigenvalue weighted by atomic mass is 10.1. The summed E-state index contributed by atoms with van der Waals surface area (Å²) in [7, 11) is 0. The van der Waals surface area contributed by atoms with E-state index in [1.807, 2.05) is 36.4 Å². The van der Waals surface area contributed by atoms with Gasteiger partial charge >= 0.3 is 0 Å². The fraction of sp³-hybridized carbons (Fsp3) is 0.211. The summed E-state index contributed by atoms with van der Waals surface area (Å²) in [4.78, 5) is 20.7. The maximum Gasteiger partial charge on any atom is 0.270 e. The average molecular weight is 321 g/mol. The van der Waals surface area contributed by atoms with Gasteiger partial charge in [0.05, 0.1) is 18.2 Å². The first-order valence-electron chi connectivity index (χ1n) is 7.92. The van der Waals surface area contributed by atoms with Gasteiger partial charge in [-0.25, -0.2) is 4.98 Å². The lowest BCUT2D eigenvalue weighted by Gasteiger charge is -2.16. The van der Waals surface area contributed by atoms with Crippen LogP contribution in [0.3, 0.4) is 0 Å². The molecule has 0 aliphatic heterocycles. The van der Waals surface area contributed by atoms with Crippen LogP contribution in [0.4, 0.5) is 0 Å². The van der Waals surface area contributed by atoms with Crippen molar-refractivity contribution in [2.75, 3.05) is 6.61 Å². The number of aliphatic hydroxyl groups is 1. The molecule has 3 rings (SSSR count). The Morgan fingerprint density at radius 2 is 1.96 bits per heavy atom. The molecule has 1 aromatic carbocycles. The third-order valence-corrected chi connectivity index (χ3v) is 3.90. The molecular formula is C19H19N3O2. The van der Waals surface area contributed by atoms with Crippen molar-refractivity contribution in [1.82, 2.24) is 15.3 Å². The van der Waals surface area contributed by atoms with E-state index in [0.29, 0.717) is 12.1 Å². The van der Waals surface area contributed by atoms with E-state index in [-0.39, 0.29) is 18.6 Å². The highest BCUT2D eigenvalue weighted by Crippen LogP contribution is 2.11. The Hall–Kier alpha value is -2.79. The van der Waals surface area contributed by atoms with Crippen molar-refractivity contribution in [3.63, 3.8) is 0 Å². The Bertz CT molecular complexity index is 821. The highest BCUT2D eigenvalue weighted by molar-refractivity contribution is 5.94. The number of amides is 1. The van der Waals surface area contributed by atoms with Crippen molar-refractivity contribution in [2.45, 2.75) is 18.9 Å². The van der Waals surface area contributed by atoms with Gasteiger partial charge in [0, 0.05) is 17.8 Å². The van der Waals surface area contributed by atoms with E-state index in [9.17, 15) is 9.90 Å². The normalized spacial score (nSPS) is 12.0. The number of rotatable bonds is 6. The van der Waals surface area contributed by atoms with Gasteiger partial charge in [0.15, 0.2) is 0 Å². The number of hydrogen-bond acceptors (Lipinski definition) is 4. The Balaban J connectivity index is 1.64. The topological polar surface area (TPSA) is 75.1 Å². The van der Waals surface area contributed by atoms with Crippen LogP contribution in [0.1, 0.15) is 22.5 Å². The molecule has 0 saturated heterocycles. The number of fused-ring (bicyclic) bond motifs is 1. The molecule has 24 heavy (non-hydrogen) atoms. The minimum atomic E-state index is -0.298. The number of aliphatic hydroxyl groups excluding tert-OH is 1.